The van der Waals surface area contributed by atoms with Crippen molar-refractivity contribution in [2.24, 2.45) is 0 Å². The van der Waals surface area contributed by atoms with Crippen molar-refractivity contribution in [2.45, 2.75) is 63.6 Å². The molecule has 0 saturated carbocycles. The maximum absolute atomic E-state index is 13.2. The Labute approximate surface area is 207 Å². The van der Waals surface area contributed by atoms with Gasteiger partial charge in [-0.25, -0.2) is 9.59 Å². The predicted molar refractivity (Wildman–Crippen MR) is 136 cm³/mol. The number of allylic oxidation sites excluding steroid dienone is 1. The third-order valence-electron chi connectivity index (χ3n) is 5.56. The molecular weight excluding hydrogens is 444 g/mol. The monoisotopic (exact) mass is 480 g/mol. The lowest BCUT2D eigenvalue weighted by Gasteiger charge is -2.22. The van der Waals surface area contributed by atoms with Gasteiger partial charge in [0.1, 0.15) is 18.7 Å². The van der Waals surface area contributed by atoms with E-state index in [9.17, 15) is 14.4 Å². The number of esters is 1. The van der Waals surface area contributed by atoms with Crippen LogP contribution in [-0.4, -0.2) is 37.2 Å². The number of hydrogen-bond donors (Lipinski definition) is 2. The maximum atomic E-state index is 13.2. The van der Waals surface area contributed by atoms with Crippen molar-refractivity contribution in [1.29, 1.82) is 0 Å². The highest BCUT2D eigenvalue weighted by atomic mass is 16.5. The van der Waals surface area contributed by atoms with E-state index in [0.717, 1.165) is 43.2 Å². The van der Waals surface area contributed by atoms with E-state index in [4.69, 9.17) is 9.47 Å². The van der Waals surface area contributed by atoms with Gasteiger partial charge in [0.25, 0.3) is 0 Å². The molecule has 0 saturated heterocycles. The molecule has 35 heavy (non-hydrogen) atoms. The molecule has 188 valence electrons. The van der Waals surface area contributed by atoms with E-state index in [2.05, 4.69) is 17.2 Å². The van der Waals surface area contributed by atoms with Crippen LogP contribution >= 0.6 is 0 Å². The Morgan fingerprint density at radius 1 is 0.857 bits per heavy atom. The molecule has 7 heteroatoms. The number of alkyl carbamates (subject to hydrolysis) is 1. The van der Waals surface area contributed by atoms with Crippen molar-refractivity contribution >= 4 is 18.0 Å². The summed E-state index contributed by atoms with van der Waals surface area (Å²) in [4.78, 5) is 38.0. The summed E-state index contributed by atoms with van der Waals surface area (Å²) >= 11 is 0. The molecule has 0 aliphatic heterocycles. The quantitative estimate of drug-likeness (QED) is 0.219. The lowest BCUT2D eigenvalue weighted by Crippen LogP contribution is -2.52. The summed E-state index contributed by atoms with van der Waals surface area (Å²) in [6.07, 6.45) is 6.65. The summed E-state index contributed by atoms with van der Waals surface area (Å²) in [5.74, 6) is -0.970. The molecule has 0 heterocycles. The lowest BCUT2D eigenvalue weighted by atomic mass is 10.0. The van der Waals surface area contributed by atoms with Gasteiger partial charge in [-0.1, -0.05) is 86.0 Å². The molecule has 0 bridgehead atoms. The molecule has 2 N–H and O–H groups in total. The second-order valence-electron chi connectivity index (χ2n) is 8.31. The molecule has 2 aromatic rings. The second kappa shape index (κ2) is 16.1. The highest BCUT2D eigenvalue weighted by Crippen LogP contribution is 2.10. The number of carbonyl (C=O) groups excluding carboxylic acids is 3. The Morgan fingerprint density at radius 3 is 2.11 bits per heavy atom. The molecule has 2 atom stereocenters. The molecule has 2 aromatic carbocycles. The summed E-state index contributed by atoms with van der Waals surface area (Å²) in [5, 5.41) is 5.42. The molecule has 7 nitrogen and oxygen atoms in total. The van der Waals surface area contributed by atoms with Crippen molar-refractivity contribution in [3.05, 3.63) is 84.4 Å². The number of unbranched alkanes of at least 4 members (excludes halogenated alkanes) is 4. The van der Waals surface area contributed by atoms with Gasteiger partial charge in [0.05, 0.1) is 7.11 Å². The third kappa shape index (κ3) is 10.9. The number of nitrogens with one attached hydrogen (secondary N) is 2. The van der Waals surface area contributed by atoms with Crippen LogP contribution in [0.2, 0.25) is 0 Å². The van der Waals surface area contributed by atoms with Gasteiger partial charge in [-0.3, -0.25) is 4.79 Å². The molecule has 0 aliphatic rings. The Kier molecular flexibility index (Phi) is 12.7. The zero-order chi connectivity index (χ0) is 25.3. The van der Waals surface area contributed by atoms with Gasteiger partial charge in [-0.15, -0.1) is 6.58 Å². The molecule has 0 aromatic heterocycles. The minimum atomic E-state index is -0.916. The van der Waals surface area contributed by atoms with Crippen LogP contribution in [0.3, 0.4) is 0 Å². The van der Waals surface area contributed by atoms with Gasteiger partial charge in [0.2, 0.25) is 5.91 Å². The topological polar surface area (TPSA) is 93.7 Å². The largest absolute Gasteiger partial charge is 0.467 e. The van der Waals surface area contributed by atoms with E-state index in [0.29, 0.717) is 6.42 Å². The summed E-state index contributed by atoms with van der Waals surface area (Å²) in [7, 11) is 1.30. The van der Waals surface area contributed by atoms with E-state index in [1.54, 1.807) is 0 Å². The van der Waals surface area contributed by atoms with Crippen molar-refractivity contribution in [3.8, 4) is 0 Å². The van der Waals surface area contributed by atoms with Crippen LogP contribution in [0.5, 0.6) is 0 Å². The Morgan fingerprint density at radius 2 is 1.49 bits per heavy atom. The number of carbonyl (C=O) groups is 3. The first kappa shape index (κ1) is 27.6. The third-order valence-corrected chi connectivity index (χ3v) is 5.56. The van der Waals surface area contributed by atoms with Crippen LogP contribution in [0.1, 0.15) is 49.7 Å². The maximum Gasteiger partial charge on any atom is 0.408 e. The summed E-state index contributed by atoms with van der Waals surface area (Å²) in [5.41, 5.74) is 1.71. The fourth-order valence-electron chi connectivity index (χ4n) is 3.62. The molecule has 0 spiro atoms. The zero-order valence-corrected chi connectivity index (χ0v) is 20.4. The smallest absolute Gasteiger partial charge is 0.408 e. The number of rotatable bonds is 15. The van der Waals surface area contributed by atoms with Gasteiger partial charge in [0, 0.05) is 6.42 Å². The van der Waals surface area contributed by atoms with Gasteiger partial charge in [-0.2, -0.15) is 0 Å². The van der Waals surface area contributed by atoms with E-state index >= 15 is 0 Å². The first-order valence-corrected chi connectivity index (χ1v) is 12.0. The molecule has 0 fully saturated rings. The SMILES string of the molecule is C=CCCCCCC[C@@H](NC(=O)[C@H](Cc1ccccc1)NC(=O)OCc1ccccc1)C(=O)OC. The van der Waals surface area contributed by atoms with Crippen LogP contribution in [0.15, 0.2) is 73.3 Å². The highest BCUT2D eigenvalue weighted by Gasteiger charge is 2.27. The molecular formula is C28H36N2O5. The minimum absolute atomic E-state index is 0.0863. The van der Waals surface area contributed by atoms with E-state index in [-0.39, 0.29) is 13.0 Å². The van der Waals surface area contributed by atoms with Crippen molar-refractivity contribution in [2.75, 3.05) is 7.11 Å². The predicted octanol–water partition coefficient (Wildman–Crippen LogP) is 4.71. The number of methoxy groups -OCH3 is 1. The normalized spacial score (nSPS) is 12.1. The van der Waals surface area contributed by atoms with Crippen LogP contribution in [0, 0.1) is 0 Å². The highest BCUT2D eigenvalue weighted by molar-refractivity contribution is 5.89. The summed E-state index contributed by atoms with van der Waals surface area (Å²) < 4.78 is 10.2. The first-order valence-electron chi connectivity index (χ1n) is 12.0. The summed E-state index contributed by atoms with van der Waals surface area (Å²) in [6.45, 7) is 3.81. The Balaban J connectivity index is 2.00. The van der Waals surface area contributed by atoms with Crippen LogP contribution < -0.4 is 10.6 Å². The standard InChI is InChI=1S/C28H36N2O5/c1-3-4-5-6-7-14-19-24(27(32)34-2)29-26(31)25(20-22-15-10-8-11-16-22)30-28(33)35-21-23-17-12-9-13-18-23/h3,8-13,15-18,24-25H,1,4-7,14,19-21H2,2H3,(H,29,31)(H,30,33)/t24-,25+/m1/s1. The van der Waals surface area contributed by atoms with E-state index in [1.807, 2.05) is 66.7 Å². The van der Waals surface area contributed by atoms with Crippen LogP contribution in [0.25, 0.3) is 0 Å². The van der Waals surface area contributed by atoms with Gasteiger partial charge < -0.3 is 20.1 Å². The lowest BCUT2D eigenvalue weighted by molar-refractivity contribution is -0.145. The molecule has 0 aliphatic carbocycles. The number of amides is 2. The molecule has 2 amide bonds. The molecule has 0 radical (unpaired) electrons. The Bertz CT molecular complexity index is 917. The number of hydrogen-bond acceptors (Lipinski definition) is 5. The van der Waals surface area contributed by atoms with E-state index in [1.165, 1.54) is 7.11 Å². The molecule has 2 rings (SSSR count). The molecule has 0 unspecified atom stereocenters. The first-order chi connectivity index (χ1) is 17.0. The fraction of sp³-hybridized carbons (Fsp3) is 0.393. The Hall–Kier alpha value is -3.61. The fourth-order valence-corrected chi connectivity index (χ4v) is 3.62. The summed E-state index contributed by atoms with van der Waals surface area (Å²) in [6, 6.07) is 16.9. The average molecular weight is 481 g/mol. The van der Waals surface area contributed by atoms with E-state index < -0.39 is 30.1 Å². The van der Waals surface area contributed by atoms with Gasteiger partial charge in [-0.05, 0) is 30.4 Å². The van der Waals surface area contributed by atoms with Gasteiger partial charge in [0.15, 0.2) is 0 Å². The second-order valence-corrected chi connectivity index (χ2v) is 8.31. The van der Waals surface area contributed by atoms with Crippen molar-refractivity contribution < 1.29 is 23.9 Å². The van der Waals surface area contributed by atoms with Crippen molar-refractivity contribution in [3.63, 3.8) is 0 Å². The van der Waals surface area contributed by atoms with Crippen LogP contribution in [0.4, 0.5) is 4.79 Å². The minimum Gasteiger partial charge on any atom is -0.467 e. The number of benzene rings is 2. The van der Waals surface area contributed by atoms with Crippen LogP contribution in [-0.2, 0) is 32.1 Å². The zero-order valence-electron chi connectivity index (χ0n) is 20.4. The average Bonchev–Trinajstić information content (AvgIpc) is 2.89. The van der Waals surface area contributed by atoms with Gasteiger partial charge >= 0.3 is 12.1 Å². The van der Waals surface area contributed by atoms with Crippen molar-refractivity contribution in [1.82, 2.24) is 10.6 Å². The number of ether oxygens (including phenoxy) is 2.